The molecular weight excluding hydrogens is 272 g/mol. The summed E-state index contributed by atoms with van der Waals surface area (Å²) in [5, 5.41) is 13.9. The van der Waals surface area contributed by atoms with Gasteiger partial charge in [-0.3, -0.25) is 4.90 Å². The molecule has 3 heteroatoms. The molecule has 1 aliphatic heterocycles. The van der Waals surface area contributed by atoms with Crippen LogP contribution in [0.5, 0.6) is 0 Å². The van der Waals surface area contributed by atoms with Gasteiger partial charge in [-0.2, -0.15) is 0 Å². The minimum Gasteiger partial charge on any atom is -0.390 e. The Kier molecular flexibility index (Phi) is 5.22. The second-order valence-electron chi connectivity index (χ2n) is 6.05. The molecule has 3 rings (SSSR count). The monoisotopic (exact) mass is 296 g/mol. The molecular formula is C19H24N2O. The summed E-state index contributed by atoms with van der Waals surface area (Å²) in [5.41, 5.74) is 2.58. The van der Waals surface area contributed by atoms with Crippen molar-refractivity contribution in [3.05, 3.63) is 71.8 Å². The molecule has 1 saturated heterocycles. The Bertz CT molecular complexity index is 558. The molecule has 1 heterocycles. The van der Waals surface area contributed by atoms with E-state index in [0.717, 1.165) is 32.6 Å². The number of aliphatic hydroxyl groups is 1. The summed E-state index contributed by atoms with van der Waals surface area (Å²) in [5.74, 6) is 0. The van der Waals surface area contributed by atoms with Crippen LogP contribution in [0, 0.1) is 0 Å². The lowest BCUT2D eigenvalue weighted by molar-refractivity contribution is 0.0365. The Hall–Kier alpha value is -1.68. The normalized spacial score (nSPS) is 22.6. The molecule has 0 bridgehead atoms. The van der Waals surface area contributed by atoms with Gasteiger partial charge in [-0.05, 0) is 17.5 Å². The van der Waals surface area contributed by atoms with Crippen LogP contribution in [0.25, 0.3) is 0 Å². The van der Waals surface area contributed by atoms with E-state index in [1.165, 1.54) is 11.1 Å². The Labute approximate surface area is 132 Å². The second-order valence-corrected chi connectivity index (χ2v) is 6.05. The van der Waals surface area contributed by atoms with Gasteiger partial charge in [-0.15, -0.1) is 0 Å². The number of nitrogens with zero attached hydrogens (tertiary/aromatic N) is 1. The Morgan fingerprint density at radius 3 is 2.23 bits per heavy atom. The predicted octanol–water partition coefficient (Wildman–Crippen LogP) is 2.41. The van der Waals surface area contributed by atoms with E-state index in [1.54, 1.807) is 0 Å². The fourth-order valence-electron chi connectivity index (χ4n) is 3.07. The lowest BCUT2D eigenvalue weighted by Gasteiger charge is -2.36. The van der Waals surface area contributed by atoms with Crippen LogP contribution in [0.3, 0.4) is 0 Å². The third-order valence-corrected chi connectivity index (χ3v) is 4.33. The zero-order valence-electron chi connectivity index (χ0n) is 12.9. The maximum absolute atomic E-state index is 10.4. The van der Waals surface area contributed by atoms with E-state index >= 15 is 0 Å². The van der Waals surface area contributed by atoms with Gasteiger partial charge in [0.1, 0.15) is 0 Å². The Balaban J connectivity index is 1.48. The number of hydrogen-bond acceptors (Lipinski definition) is 3. The number of hydrogen-bond donors (Lipinski definition) is 2. The van der Waals surface area contributed by atoms with Crippen LogP contribution < -0.4 is 5.32 Å². The second kappa shape index (κ2) is 7.54. The third-order valence-electron chi connectivity index (χ3n) is 4.33. The first-order valence-electron chi connectivity index (χ1n) is 8.03. The fourth-order valence-corrected chi connectivity index (χ4v) is 3.07. The van der Waals surface area contributed by atoms with Gasteiger partial charge in [0, 0.05) is 32.2 Å². The number of rotatable bonds is 5. The van der Waals surface area contributed by atoms with E-state index < -0.39 is 0 Å². The summed E-state index contributed by atoms with van der Waals surface area (Å²) < 4.78 is 0. The average molecular weight is 296 g/mol. The summed E-state index contributed by atoms with van der Waals surface area (Å²) in [6.07, 6.45) is 0.682. The maximum Gasteiger partial charge on any atom is 0.0820 e. The van der Waals surface area contributed by atoms with Crippen LogP contribution in [-0.4, -0.2) is 35.2 Å². The van der Waals surface area contributed by atoms with Gasteiger partial charge >= 0.3 is 0 Å². The first-order valence-corrected chi connectivity index (χ1v) is 8.03. The van der Waals surface area contributed by atoms with Gasteiger partial charge in [0.15, 0.2) is 0 Å². The van der Waals surface area contributed by atoms with Crippen molar-refractivity contribution in [2.75, 3.05) is 13.1 Å². The molecule has 0 amide bonds. The quantitative estimate of drug-likeness (QED) is 0.889. The lowest BCUT2D eigenvalue weighted by Crippen LogP contribution is -2.52. The van der Waals surface area contributed by atoms with Crippen LogP contribution in [-0.2, 0) is 13.1 Å². The van der Waals surface area contributed by atoms with E-state index in [4.69, 9.17) is 0 Å². The van der Waals surface area contributed by atoms with E-state index in [0.29, 0.717) is 0 Å². The molecule has 22 heavy (non-hydrogen) atoms. The number of benzene rings is 2. The molecule has 2 atom stereocenters. The smallest absolute Gasteiger partial charge is 0.0820 e. The van der Waals surface area contributed by atoms with Crippen LogP contribution in [0.1, 0.15) is 17.5 Å². The highest BCUT2D eigenvalue weighted by Gasteiger charge is 2.27. The predicted molar refractivity (Wildman–Crippen MR) is 89.4 cm³/mol. The van der Waals surface area contributed by atoms with Crippen molar-refractivity contribution in [1.82, 2.24) is 10.2 Å². The molecule has 0 aromatic heterocycles. The summed E-state index contributed by atoms with van der Waals surface area (Å²) >= 11 is 0. The maximum atomic E-state index is 10.4. The molecule has 0 aliphatic carbocycles. The van der Waals surface area contributed by atoms with Crippen molar-refractivity contribution in [3.63, 3.8) is 0 Å². The number of nitrogens with one attached hydrogen (secondary N) is 1. The van der Waals surface area contributed by atoms with Crippen LogP contribution >= 0.6 is 0 Å². The molecule has 0 radical (unpaired) electrons. The van der Waals surface area contributed by atoms with Crippen LogP contribution in [0.15, 0.2) is 60.7 Å². The third kappa shape index (κ3) is 4.17. The molecule has 1 fully saturated rings. The van der Waals surface area contributed by atoms with Crippen molar-refractivity contribution >= 4 is 0 Å². The topological polar surface area (TPSA) is 35.5 Å². The van der Waals surface area contributed by atoms with Crippen molar-refractivity contribution in [2.24, 2.45) is 0 Å². The zero-order chi connectivity index (χ0) is 15.2. The molecule has 2 N–H and O–H groups in total. The van der Waals surface area contributed by atoms with Crippen molar-refractivity contribution < 1.29 is 5.11 Å². The molecule has 3 nitrogen and oxygen atoms in total. The molecule has 116 valence electrons. The minimum atomic E-state index is -0.304. The molecule has 0 saturated carbocycles. The molecule has 0 spiro atoms. The summed E-state index contributed by atoms with van der Waals surface area (Å²) in [6.45, 7) is 3.50. The van der Waals surface area contributed by atoms with Gasteiger partial charge in [-0.25, -0.2) is 0 Å². The van der Waals surface area contributed by atoms with E-state index in [-0.39, 0.29) is 12.1 Å². The standard InChI is InChI=1S/C19H24N2O/c22-19-15-21(14-17-9-5-2-6-10-17)12-11-18(19)20-13-16-7-3-1-4-8-16/h1-10,18-20,22H,11-15H2/t18?,19-/m1/s1. The highest BCUT2D eigenvalue weighted by molar-refractivity contribution is 5.15. The van der Waals surface area contributed by atoms with E-state index in [2.05, 4.69) is 58.7 Å². The molecule has 2 aromatic carbocycles. The average Bonchev–Trinajstić information content (AvgIpc) is 2.56. The Morgan fingerprint density at radius 1 is 0.955 bits per heavy atom. The number of β-amino-alcohol motifs (C(OH)–C–C–N with tert-alkyl or cyclic N) is 1. The van der Waals surface area contributed by atoms with Crippen molar-refractivity contribution in [1.29, 1.82) is 0 Å². The van der Waals surface area contributed by atoms with Crippen molar-refractivity contribution in [3.8, 4) is 0 Å². The minimum absolute atomic E-state index is 0.187. The van der Waals surface area contributed by atoms with Gasteiger partial charge in [-0.1, -0.05) is 60.7 Å². The SMILES string of the molecule is O[C@@H]1CN(Cc2ccccc2)CCC1NCc1ccccc1. The van der Waals surface area contributed by atoms with Gasteiger partial charge in [0.05, 0.1) is 6.10 Å². The molecule has 2 aromatic rings. The highest BCUT2D eigenvalue weighted by atomic mass is 16.3. The van der Waals surface area contributed by atoms with Crippen LogP contribution in [0.2, 0.25) is 0 Å². The van der Waals surface area contributed by atoms with E-state index in [9.17, 15) is 5.11 Å². The van der Waals surface area contributed by atoms with Gasteiger partial charge in [0.25, 0.3) is 0 Å². The number of aliphatic hydroxyl groups excluding tert-OH is 1. The summed E-state index contributed by atoms with van der Waals surface area (Å²) in [4.78, 5) is 2.33. The highest BCUT2D eigenvalue weighted by Crippen LogP contribution is 2.15. The Morgan fingerprint density at radius 2 is 1.59 bits per heavy atom. The fraction of sp³-hybridized carbons (Fsp3) is 0.368. The summed E-state index contributed by atoms with van der Waals surface area (Å²) in [6, 6.07) is 21.0. The first-order chi connectivity index (χ1) is 10.8. The van der Waals surface area contributed by atoms with Crippen molar-refractivity contribution in [2.45, 2.75) is 31.7 Å². The first kappa shape index (κ1) is 15.2. The van der Waals surface area contributed by atoms with Crippen LogP contribution in [0.4, 0.5) is 0 Å². The van der Waals surface area contributed by atoms with Gasteiger partial charge in [0.2, 0.25) is 0 Å². The molecule has 1 aliphatic rings. The van der Waals surface area contributed by atoms with Gasteiger partial charge < -0.3 is 10.4 Å². The molecule has 1 unspecified atom stereocenters. The largest absolute Gasteiger partial charge is 0.390 e. The van der Waals surface area contributed by atoms with E-state index in [1.807, 2.05) is 12.1 Å². The summed E-state index contributed by atoms with van der Waals surface area (Å²) in [7, 11) is 0. The number of likely N-dealkylation sites (tertiary alicyclic amines) is 1. The number of piperidine rings is 1. The zero-order valence-corrected chi connectivity index (χ0v) is 12.9. The lowest BCUT2D eigenvalue weighted by atomic mass is 10.0.